The maximum atomic E-state index is 12.5. The van der Waals surface area contributed by atoms with Crippen molar-refractivity contribution in [2.45, 2.75) is 19.4 Å². The molecule has 2 aromatic carbocycles. The molecule has 0 aliphatic carbocycles. The van der Waals surface area contributed by atoms with Crippen molar-refractivity contribution in [1.29, 1.82) is 0 Å². The van der Waals surface area contributed by atoms with Gasteiger partial charge in [-0.2, -0.15) is 14.6 Å². The Labute approximate surface area is 210 Å². The van der Waals surface area contributed by atoms with Crippen LogP contribution in [0, 0.1) is 0 Å². The standard InChI is InChI=1S/C26H23N9O2/c27-19-6-1-2-7-20(19)30-25(36)17-11-9-16(10-12-17)5-3-13-34-23-18(15-29-34)24-31-22(21-8-4-14-37-21)33-35(24)26(28)32-23/h1-2,4,6-12,14-15H,3,5,13,27H2,(H2,28,32)(H,30,36). The lowest BCUT2D eigenvalue weighted by molar-refractivity contribution is 0.102. The highest BCUT2D eigenvalue weighted by molar-refractivity contribution is 6.05. The predicted molar refractivity (Wildman–Crippen MR) is 140 cm³/mol. The van der Waals surface area contributed by atoms with Crippen LogP contribution in [-0.4, -0.2) is 35.3 Å². The molecule has 0 bridgehead atoms. The second kappa shape index (κ2) is 9.11. The number of para-hydroxylation sites is 2. The number of hydrogen-bond donors (Lipinski definition) is 3. The van der Waals surface area contributed by atoms with Crippen LogP contribution in [0.3, 0.4) is 0 Å². The summed E-state index contributed by atoms with van der Waals surface area (Å²) in [7, 11) is 0. The van der Waals surface area contributed by atoms with Gasteiger partial charge in [-0.05, 0) is 54.8 Å². The molecule has 0 spiro atoms. The Balaban J connectivity index is 1.13. The Morgan fingerprint density at radius 1 is 0.973 bits per heavy atom. The lowest BCUT2D eigenvalue weighted by atomic mass is 10.1. The SMILES string of the molecule is Nc1ccccc1NC(=O)c1ccc(CCCn2ncc3c2nc(N)n2nc(-c4ccco4)nc32)cc1. The van der Waals surface area contributed by atoms with Gasteiger partial charge in [0.15, 0.2) is 17.1 Å². The number of carbonyl (C=O) groups is 1. The van der Waals surface area contributed by atoms with Crippen molar-refractivity contribution in [2.75, 3.05) is 16.8 Å². The first-order valence-corrected chi connectivity index (χ1v) is 11.7. The summed E-state index contributed by atoms with van der Waals surface area (Å²) in [6.07, 6.45) is 4.92. The molecule has 11 nitrogen and oxygen atoms in total. The molecule has 37 heavy (non-hydrogen) atoms. The van der Waals surface area contributed by atoms with Gasteiger partial charge in [0.25, 0.3) is 5.91 Å². The van der Waals surface area contributed by atoms with Crippen molar-refractivity contribution in [3.63, 3.8) is 0 Å². The van der Waals surface area contributed by atoms with Gasteiger partial charge in [-0.15, -0.1) is 5.10 Å². The second-order valence-electron chi connectivity index (χ2n) is 8.56. The van der Waals surface area contributed by atoms with Gasteiger partial charge < -0.3 is 21.2 Å². The molecule has 0 saturated carbocycles. The molecule has 0 saturated heterocycles. The number of nitrogens with one attached hydrogen (secondary N) is 1. The molecule has 0 aliphatic rings. The van der Waals surface area contributed by atoms with Crippen LogP contribution in [0.15, 0.2) is 77.5 Å². The molecule has 0 aliphatic heterocycles. The van der Waals surface area contributed by atoms with Crippen molar-refractivity contribution in [3.8, 4) is 11.6 Å². The highest BCUT2D eigenvalue weighted by atomic mass is 16.3. The maximum absolute atomic E-state index is 12.5. The zero-order valence-electron chi connectivity index (χ0n) is 19.7. The molecule has 184 valence electrons. The molecular weight excluding hydrogens is 470 g/mol. The van der Waals surface area contributed by atoms with Crippen LogP contribution in [-0.2, 0) is 13.0 Å². The van der Waals surface area contributed by atoms with Crippen molar-refractivity contribution in [1.82, 2.24) is 29.4 Å². The number of amides is 1. The minimum absolute atomic E-state index is 0.203. The van der Waals surface area contributed by atoms with Crippen LogP contribution < -0.4 is 16.8 Å². The number of anilines is 3. The van der Waals surface area contributed by atoms with Crippen molar-refractivity contribution in [2.24, 2.45) is 0 Å². The summed E-state index contributed by atoms with van der Waals surface area (Å²) in [5.74, 6) is 1.01. The second-order valence-corrected chi connectivity index (χ2v) is 8.56. The molecule has 0 fully saturated rings. The van der Waals surface area contributed by atoms with Gasteiger partial charge in [-0.1, -0.05) is 24.3 Å². The topological polar surface area (TPSA) is 155 Å². The average molecular weight is 494 g/mol. The largest absolute Gasteiger partial charge is 0.461 e. The monoisotopic (exact) mass is 493 g/mol. The zero-order valence-corrected chi connectivity index (χ0v) is 19.7. The predicted octanol–water partition coefficient (Wildman–Crippen LogP) is 3.78. The van der Waals surface area contributed by atoms with Crippen molar-refractivity contribution < 1.29 is 9.21 Å². The van der Waals surface area contributed by atoms with Crippen LogP contribution >= 0.6 is 0 Å². The highest BCUT2D eigenvalue weighted by Crippen LogP contribution is 2.24. The molecule has 4 heterocycles. The number of nitrogen functional groups attached to an aromatic ring is 2. The van der Waals surface area contributed by atoms with E-state index in [0.717, 1.165) is 23.8 Å². The number of fused-ring (bicyclic) bond motifs is 3. The molecule has 0 radical (unpaired) electrons. The van der Waals surface area contributed by atoms with Crippen LogP contribution in [0.5, 0.6) is 0 Å². The number of benzene rings is 2. The first kappa shape index (κ1) is 22.3. The average Bonchev–Trinajstić information content (AvgIpc) is 3.66. The summed E-state index contributed by atoms with van der Waals surface area (Å²) in [4.78, 5) is 21.6. The Bertz CT molecular complexity index is 1720. The van der Waals surface area contributed by atoms with E-state index in [1.54, 1.807) is 36.7 Å². The summed E-state index contributed by atoms with van der Waals surface area (Å²) in [6, 6.07) is 18.3. The minimum atomic E-state index is -0.203. The van der Waals surface area contributed by atoms with Gasteiger partial charge >= 0.3 is 0 Å². The summed E-state index contributed by atoms with van der Waals surface area (Å²) in [5, 5.41) is 12.5. The zero-order chi connectivity index (χ0) is 25.4. The van der Waals surface area contributed by atoms with Crippen molar-refractivity contribution in [3.05, 3.63) is 84.3 Å². The van der Waals surface area contributed by atoms with E-state index in [-0.39, 0.29) is 11.9 Å². The van der Waals surface area contributed by atoms with E-state index in [0.29, 0.717) is 46.4 Å². The smallest absolute Gasteiger partial charge is 0.255 e. The van der Waals surface area contributed by atoms with E-state index in [4.69, 9.17) is 15.9 Å². The van der Waals surface area contributed by atoms with Gasteiger partial charge in [0.05, 0.1) is 29.2 Å². The molecule has 0 atom stereocenters. The fourth-order valence-corrected chi connectivity index (χ4v) is 4.19. The van der Waals surface area contributed by atoms with Gasteiger partial charge in [-0.3, -0.25) is 4.79 Å². The molecule has 0 unspecified atom stereocenters. The van der Waals surface area contributed by atoms with Crippen LogP contribution in [0.25, 0.3) is 28.3 Å². The number of aryl methyl sites for hydroxylation is 2. The van der Waals surface area contributed by atoms with E-state index in [9.17, 15) is 4.79 Å². The van der Waals surface area contributed by atoms with Crippen LogP contribution in [0.4, 0.5) is 17.3 Å². The van der Waals surface area contributed by atoms with E-state index in [1.165, 1.54) is 4.52 Å². The first-order chi connectivity index (χ1) is 18.1. The summed E-state index contributed by atoms with van der Waals surface area (Å²) >= 11 is 0. The Hall–Kier alpha value is -5.19. The van der Waals surface area contributed by atoms with E-state index >= 15 is 0 Å². The third-order valence-electron chi connectivity index (χ3n) is 6.10. The summed E-state index contributed by atoms with van der Waals surface area (Å²) in [6.45, 7) is 0.640. The number of nitrogens with two attached hydrogens (primary N) is 2. The number of carbonyl (C=O) groups excluding carboxylic acids is 1. The molecule has 11 heteroatoms. The first-order valence-electron chi connectivity index (χ1n) is 11.7. The summed E-state index contributed by atoms with van der Waals surface area (Å²) < 4.78 is 8.72. The quantitative estimate of drug-likeness (QED) is 0.284. The Morgan fingerprint density at radius 2 is 1.81 bits per heavy atom. The molecule has 6 aromatic rings. The fourth-order valence-electron chi connectivity index (χ4n) is 4.19. The molecule has 1 amide bonds. The van der Waals surface area contributed by atoms with E-state index in [2.05, 4.69) is 25.5 Å². The lowest BCUT2D eigenvalue weighted by Crippen LogP contribution is -2.13. The molecular formula is C26H23N9O2. The maximum Gasteiger partial charge on any atom is 0.255 e. The number of aromatic nitrogens is 6. The summed E-state index contributed by atoms with van der Waals surface area (Å²) in [5.41, 5.74) is 16.1. The van der Waals surface area contributed by atoms with E-state index < -0.39 is 0 Å². The van der Waals surface area contributed by atoms with Gasteiger partial charge in [0.1, 0.15) is 0 Å². The van der Waals surface area contributed by atoms with Gasteiger partial charge in [-0.25, -0.2) is 9.67 Å². The third kappa shape index (κ3) is 4.22. The number of furan rings is 1. The van der Waals surface area contributed by atoms with Gasteiger partial charge in [0.2, 0.25) is 11.8 Å². The van der Waals surface area contributed by atoms with Crippen molar-refractivity contribution >= 4 is 39.9 Å². The molecule has 6 rings (SSSR count). The third-order valence-corrected chi connectivity index (χ3v) is 6.10. The number of hydrogen-bond acceptors (Lipinski definition) is 8. The fraction of sp³-hybridized carbons (Fsp3) is 0.115. The Morgan fingerprint density at radius 3 is 2.59 bits per heavy atom. The van der Waals surface area contributed by atoms with Crippen LogP contribution in [0.2, 0.25) is 0 Å². The van der Waals surface area contributed by atoms with Crippen LogP contribution in [0.1, 0.15) is 22.3 Å². The normalized spacial score (nSPS) is 11.4. The van der Waals surface area contributed by atoms with E-state index in [1.807, 2.05) is 41.1 Å². The molecule has 4 aromatic heterocycles. The minimum Gasteiger partial charge on any atom is -0.461 e. The Kier molecular flexibility index (Phi) is 5.49. The van der Waals surface area contributed by atoms with Gasteiger partial charge in [0, 0.05) is 12.1 Å². The number of rotatable bonds is 7. The number of nitrogens with zero attached hydrogens (tertiary/aromatic N) is 6. The highest BCUT2D eigenvalue weighted by Gasteiger charge is 2.17. The molecule has 5 N–H and O–H groups in total. The lowest BCUT2D eigenvalue weighted by Gasteiger charge is -2.09.